The molecular formula is C57H110O17P2. The maximum atomic E-state index is 12.9. The maximum absolute atomic E-state index is 12.9. The second-order valence-electron chi connectivity index (χ2n) is 20.7. The van der Waals surface area contributed by atoms with Crippen molar-refractivity contribution in [2.75, 3.05) is 39.6 Å². The summed E-state index contributed by atoms with van der Waals surface area (Å²) in [5.41, 5.74) is 0. The largest absolute Gasteiger partial charge is 0.472 e. The zero-order valence-corrected chi connectivity index (χ0v) is 50.0. The standard InChI is InChI=1S/C57H110O17P2/c1-5-9-13-17-21-25-27-31-34-38-42-55(60)68-48-53(74-57(62)44-40-36-32-28-26-22-18-14-10-6-2)50-72-76(65,66)70-46-51(58)45-69-75(63,64)71-49-52(73-56(61)43-39-35-30-24-20-16-12-8-4)47-67-54(59)41-37-33-29-23-19-15-11-7-3/h51-53,58H,5-50H2,1-4H3,(H,63,64)(H,65,66)/t51-,52+,53+/m0/s1. The van der Waals surface area contributed by atoms with E-state index in [4.69, 9.17) is 37.0 Å². The molecule has 0 bridgehead atoms. The second kappa shape index (κ2) is 52.4. The molecule has 0 aromatic heterocycles. The predicted octanol–water partition coefficient (Wildman–Crippen LogP) is 15.2. The first-order chi connectivity index (χ1) is 36.7. The van der Waals surface area contributed by atoms with Crippen molar-refractivity contribution in [2.24, 2.45) is 0 Å². The molecule has 3 N–H and O–H groups in total. The number of hydrogen-bond acceptors (Lipinski definition) is 15. The topological polar surface area (TPSA) is 237 Å². The molecule has 450 valence electrons. The fourth-order valence-electron chi connectivity index (χ4n) is 8.40. The number of carbonyl (C=O) groups excluding carboxylic acids is 4. The van der Waals surface area contributed by atoms with Gasteiger partial charge in [-0.1, -0.05) is 233 Å². The number of aliphatic hydroxyl groups excluding tert-OH is 1. The van der Waals surface area contributed by atoms with Crippen molar-refractivity contribution in [1.82, 2.24) is 0 Å². The van der Waals surface area contributed by atoms with Crippen molar-refractivity contribution in [3.05, 3.63) is 0 Å². The molecule has 0 aromatic carbocycles. The van der Waals surface area contributed by atoms with Crippen LogP contribution >= 0.6 is 15.6 Å². The molecule has 17 nitrogen and oxygen atoms in total. The quantitative estimate of drug-likeness (QED) is 0.0222. The SMILES string of the molecule is CCCCCCCCCCCCC(=O)OC[C@H](COP(=O)(O)OC[C@@H](O)COP(=O)(O)OC[C@@H](COC(=O)CCCCCCCCCC)OC(=O)CCCCCCCCCC)OC(=O)CCCCCCCCCCCC. The lowest BCUT2D eigenvalue weighted by atomic mass is 10.1. The molecule has 0 aliphatic heterocycles. The Kier molecular flexibility index (Phi) is 51.1. The summed E-state index contributed by atoms with van der Waals surface area (Å²) in [6.07, 6.45) is 34.8. The Hall–Kier alpha value is -1.94. The van der Waals surface area contributed by atoms with Crippen molar-refractivity contribution in [1.29, 1.82) is 0 Å². The van der Waals surface area contributed by atoms with E-state index in [1.807, 2.05) is 0 Å². The summed E-state index contributed by atoms with van der Waals surface area (Å²) >= 11 is 0. The molecule has 0 amide bonds. The minimum Gasteiger partial charge on any atom is -0.462 e. The molecule has 0 aliphatic carbocycles. The summed E-state index contributed by atoms with van der Waals surface area (Å²) in [6, 6.07) is 0. The van der Waals surface area contributed by atoms with Gasteiger partial charge in [0.05, 0.1) is 26.4 Å². The Morgan fingerprint density at radius 3 is 0.776 bits per heavy atom. The first-order valence-corrected chi connectivity index (χ1v) is 33.3. The van der Waals surface area contributed by atoms with E-state index in [0.717, 1.165) is 103 Å². The molecule has 0 radical (unpaired) electrons. The van der Waals surface area contributed by atoms with Crippen molar-refractivity contribution in [3.63, 3.8) is 0 Å². The summed E-state index contributed by atoms with van der Waals surface area (Å²) in [7, 11) is -9.86. The van der Waals surface area contributed by atoms with Crippen LogP contribution in [0.5, 0.6) is 0 Å². The van der Waals surface area contributed by atoms with Gasteiger partial charge in [-0.15, -0.1) is 0 Å². The van der Waals surface area contributed by atoms with Crippen molar-refractivity contribution >= 4 is 39.5 Å². The van der Waals surface area contributed by atoms with E-state index in [0.29, 0.717) is 25.7 Å². The summed E-state index contributed by atoms with van der Waals surface area (Å²) in [5.74, 6) is -2.15. The van der Waals surface area contributed by atoms with Crippen molar-refractivity contribution in [3.8, 4) is 0 Å². The third-order valence-electron chi connectivity index (χ3n) is 13.1. The highest BCUT2D eigenvalue weighted by Gasteiger charge is 2.30. The first kappa shape index (κ1) is 74.1. The Balaban J connectivity index is 5.20. The number of esters is 4. The van der Waals surface area contributed by atoms with Crippen LogP contribution in [0.4, 0.5) is 0 Å². The normalized spacial score (nSPS) is 14.4. The molecule has 0 fully saturated rings. The van der Waals surface area contributed by atoms with Gasteiger partial charge in [0.15, 0.2) is 12.2 Å². The van der Waals surface area contributed by atoms with E-state index in [9.17, 15) is 43.2 Å². The van der Waals surface area contributed by atoms with E-state index >= 15 is 0 Å². The van der Waals surface area contributed by atoms with Crippen LogP contribution in [0.25, 0.3) is 0 Å². The molecular weight excluding hydrogens is 1020 g/mol. The lowest BCUT2D eigenvalue weighted by Gasteiger charge is -2.21. The van der Waals surface area contributed by atoms with Gasteiger partial charge in [0, 0.05) is 25.7 Å². The van der Waals surface area contributed by atoms with Gasteiger partial charge in [-0.3, -0.25) is 37.3 Å². The van der Waals surface area contributed by atoms with E-state index in [2.05, 4.69) is 27.7 Å². The van der Waals surface area contributed by atoms with Gasteiger partial charge in [0.1, 0.15) is 19.3 Å². The molecule has 2 unspecified atom stereocenters. The van der Waals surface area contributed by atoms with Crippen LogP contribution < -0.4 is 0 Å². The lowest BCUT2D eigenvalue weighted by molar-refractivity contribution is -0.161. The van der Waals surface area contributed by atoms with Gasteiger partial charge >= 0.3 is 39.5 Å². The van der Waals surface area contributed by atoms with Crippen LogP contribution in [-0.4, -0.2) is 96.7 Å². The molecule has 0 aliphatic rings. The number of ether oxygens (including phenoxy) is 4. The number of carbonyl (C=O) groups is 4. The van der Waals surface area contributed by atoms with E-state index in [1.165, 1.54) is 103 Å². The third kappa shape index (κ3) is 51.5. The minimum atomic E-state index is -4.93. The highest BCUT2D eigenvalue weighted by atomic mass is 31.2. The molecule has 0 spiro atoms. The van der Waals surface area contributed by atoms with E-state index in [-0.39, 0.29) is 25.7 Å². The number of unbranched alkanes of at least 4 members (excludes halogenated alkanes) is 32. The summed E-state index contributed by atoms with van der Waals surface area (Å²) < 4.78 is 67.5. The average Bonchev–Trinajstić information content (AvgIpc) is 3.39. The number of hydrogen-bond donors (Lipinski definition) is 3. The van der Waals surface area contributed by atoms with Crippen LogP contribution in [-0.2, 0) is 65.4 Å². The number of phosphoric ester groups is 2. The zero-order valence-electron chi connectivity index (χ0n) is 48.2. The molecule has 0 saturated heterocycles. The van der Waals surface area contributed by atoms with Crippen LogP contribution in [0, 0.1) is 0 Å². The molecule has 0 aromatic rings. The number of aliphatic hydroxyl groups is 1. The highest BCUT2D eigenvalue weighted by molar-refractivity contribution is 7.47. The smallest absolute Gasteiger partial charge is 0.462 e. The Morgan fingerprint density at radius 1 is 0.316 bits per heavy atom. The van der Waals surface area contributed by atoms with Crippen LogP contribution in [0.1, 0.15) is 285 Å². The summed E-state index contributed by atoms with van der Waals surface area (Å²) in [4.78, 5) is 71.7. The lowest BCUT2D eigenvalue weighted by Crippen LogP contribution is -2.30. The number of phosphoric acid groups is 2. The molecule has 0 saturated carbocycles. The maximum Gasteiger partial charge on any atom is 0.472 e. The number of rotatable bonds is 58. The molecule has 0 rings (SSSR count). The predicted molar refractivity (Wildman–Crippen MR) is 299 cm³/mol. The summed E-state index contributed by atoms with van der Waals surface area (Å²) in [6.45, 7) is 4.77. The second-order valence-corrected chi connectivity index (χ2v) is 23.6. The van der Waals surface area contributed by atoms with Crippen LogP contribution in [0.3, 0.4) is 0 Å². The van der Waals surface area contributed by atoms with Gasteiger partial charge in [-0.05, 0) is 25.7 Å². The highest BCUT2D eigenvalue weighted by Crippen LogP contribution is 2.45. The van der Waals surface area contributed by atoms with Crippen molar-refractivity contribution < 1.29 is 80.2 Å². The van der Waals surface area contributed by atoms with Crippen LogP contribution in [0.2, 0.25) is 0 Å². The molecule has 76 heavy (non-hydrogen) atoms. The van der Waals surface area contributed by atoms with Gasteiger partial charge < -0.3 is 33.8 Å². The molecule has 5 atom stereocenters. The fraction of sp³-hybridized carbons (Fsp3) is 0.930. The fourth-order valence-corrected chi connectivity index (χ4v) is 9.98. The Morgan fingerprint density at radius 2 is 0.526 bits per heavy atom. The monoisotopic (exact) mass is 1130 g/mol. The van der Waals surface area contributed by atoms with E-state index < -0.39 is 97.5 Å². The van der Waals surface area contributed by atoms with Gasteiger partial charge in [-0.2, -0.15) is 0 Å². The third-order valence-corrected chi connectivity index (χ3v) is 15.0. The summed E-state index contributed by atoms with van der Waals surface area (Å²) in [5, 5.41) is 10.5. The first-order valence-electron chi connectivity index (χ1n) is 30.3. The van der Waals surface area contributed by atoms with Crippen LogP contribution in [0.15, 0.2) is 0 Å². The average molecular weight is 1130 g/mol. The molecule has 19 heteroatoms. The van der Waals surface area contributed by atoms with Gasteiger partial charge in [-0.25, -0.2) is 9.13 Å². The van der Waals surface area contributed by atoms with E-state index in [1.54, 1.807) is 0 Å². The minimum absolute atomic E-state index is 0.105. The Labute approximate surface area is 460 Å². The van der Waals surface area contributed by atoms with Gasteiger partial charge in [0.25, 0.3) is 0 Å². The zero-order chi connectivity index (χ0) is 56.2. The molecule has 0 heterocycles. The Bertz CT molecular complexity index is 1490. The van der Waals surface area contributed by atoms with Gasteiger partial charge in [0.2, 0.25) is 0 Å². The van der Waals surface area contributed by atoms with Crippen molar-refractivity contribution in [2.45, 2.75) is 303 Å².